The number of benzene rings is 1. The Hall–Kier alpha value is -2.42. The number of carbonyl (C=O) groups is 1. The maximum Gasteiger partial charge on any atom is 0.239 e. The quantitative estimate of drug-likeness (QED) is 0.746. The van der Waals surface area contributed by atoms with Gasteiger partial charge in [-0.15, -0.1) is 10.2 Å². The predicted octanol–water partition coefficient (Wildman–Crippen LogP) is 2.72. The van der Waals surface area contributed by atoms with Crippen LogP contribution in [-0.4, -0.2) is 58.3 Å². The number of nitrogens with one attached hydrogen (secondary N) is 1. The Morgan fingerprint density at radius 3 is 3.00 bits per heavy atom. The van der Waals surface area contributed by atoms with Crippen LogP contribution < -0.4 is 5.32 Å². The zero-order valence-corrected chi connectivity index (χ0v) is 16.1. The monoisotopic (exact) mass is 383 g/mol. The van der Waals surface area contributed by atoms with E-state index in [9.17, 15) is 4.79 Å². The number of anilines is 1. The maximum absolute atomic E-state index is 12.4. The average Bonchev–Trinajstić information content (AvgIpc) is 3.07. The van der Waals surface area contributed by atoms with Crippen molar-refractivity contribution in [1.82, 2.24) is 20.1 Å². The summed E-state index contributed by atoms with van der Waals surface area (Å²) in [4.78, 5) is 18.8. The number of aromatic nitrogens is 3. The first-order valence-electron chi connectivity index (χ1n) is 8.91. The number of amides is 1. The van der Waals surface area contributed by atoms with Gasteiger partial charge in [0.2, 0.25) is 5.91 Å². The van der Waals surface area contributed by atoms with E-state index >= 15 is 0 Å². The van der Waals surface area contributed by atoms with E-state index in [1.165, 1.54) is 0 Å². The highest BCUT2D eigenvalue weighted by Gasteiger charge is 2.19. The Labute approximate surface area is 161 Å². The average molecular weight is 383 g/mol. The lowest BCUT2D eigenvalue weighted by molar-refractivity contribution is -0.119. The van der Waals surface area contributed by atoms with Gasteiger partial charge in [0.25, 0.3) is 0 Å². The first-order chi connectivity index (χ1) is 13.1. The minimum atomic E-state index is -0.0631. The fourth-order valence-electron chi connectivity index (χ4n) is 3.18. The normalized spacial score (nSPS) is 17.9. The molecule has 1 amide bonds. The summed E-state index contributed by atoms with van der Waals surface area (Å²) in [5.41, 5.74) is 1.01. The number of hydrogen-bond acceptors (Lipinski definition) is 7. The number of hydrogen-bond donors (Lipinski definition) is 1. The van der Waals surface area contributed by atoms with Gasteiger partial charge < -0.3 is 10.1 Å². The number of ether oxygens (including phenoxy) is 1. The van der Waals surface area contributed by atoms with Crippen LogP contribution >= 0.6 is 11.3 Å². The third-order valence-electron chi connectivity index (χ3n) is 4.45. The molecule has 1 atom stereocenters. The van der Waals surface area contributed by atoms with Crippen molar-refractivity contribution in [3.63, 3.8) is 0 Å². The number of fused-ring (bicyclic) bond motifs is 1. The summed E-state index contributed by atoms with van der Waals surface area (Å²) in [6.45, 7) is 6.51. The van der Waals surface area contributed by atoms with Crippen LogP contribution in [0.1, 0.15) is 11.9 Å². The summed E-state index contributed by atoms with van der Waals surface area (Å²) in [7, 11) is 0. The minimum Gasteiger partial charge on any atom is -0.376 e. The molecule has 2 aromatic heterocycles. The Balaban J connectivity index is 1.49. The topological polar surface area (TPSA) is 80.2 Å². The predicted molar refractivity (Wildman–Crippen MR) is 106 cm³/mol. The SMILES string of the molecule is Cc1nnc(-c2ccc3cnc(NC(=O)CN4CCOC(C)C4)cc3c2)s1. The zero-order valence-electron chi connectivity index (χ0n) is 15.3. The van der Waals surface area contributed by atoms with E-state index in [2.05, 4.69) is 31.5 Å². The molecule has 1 N–H and O–H groups in total. The van der Waals surface area contributed by atoms with Gasteiger partial charge in [-0.2, -0.15) is 0 Å². The minimum absolute atomic E-state index is 0.0631. The molecule has 1 unspecified atom stereocenters. The lowest BCUT2D eigenvalue weighted by Crippen LogP contribution is -2.44. The van der Waals surface area contributed by atoms with Crippen molar-refractivity contribution < 1.29 is 9.53 Å². The van der Waals surface area contributed by atoms with Crippen molar-refractivity contribution in [2.75, 3.05) is 31.6 Å². The second-order valence-corrected chi connectivity index (χ2v) is 7.90. The number of carbonyl (C=O) groups excluding carboxylic acids is 1. The number of morpholine rings is 1. The molecule has 3 heterocycles. The van der Waals surface area contributed by atoms with E-state index in [0.29, 0.717) is 19.0 Å². The Morgan fingerprint density at radius 1 is 1.33 bits per heavy atom. The highest BCUT2D eigenvalue weighted by atomic mass is 32.1. The first kappa shape index (κ1) is 18.0. The van der Waals surface area contributed by atoms with Gasteiger partial charge in [0.15, 0.2) is 0 Å². The van der Waals surface area contributed by atoms with E-state index in [-0.39, 0.29) is 12.0 Å². The van der Waals surface area contributed by atoms with Crippen LogP contribution in [-0.2, 0) is 9.53 Å². The molecule has 8 heteroatoms. The van der Waals surface area contributed by atoms with E-state index in [1.807, 2.05) is 32.0 Å². The Kier molecular flexibility index (Phi) is 5.11. The molecule has 4 rings (SSSR count). The van der Waals surface area contributed by atoms with Crippen LogP contribution in [0, 0.1) is 6.92 Å². The van der Waals surface area contributed by atoms with Gasteiger partial charge in [-0.1, -0.05) is 23.5 Å². The molecule has 1 aromatic carbocycles. The van der Waals surface area contributed by atoms with Crippen LogP contribution in [0.15, 0.2) is 30.5 Å². The van der Waals surface area contributed by atoms with Gasteiger partial charge in [0.05, 0.1) is 19.3 Å². The number of rotatable bonds is 4. The van der Waals surface area contributed by atoms with E-state index in [0.717, 1.165) is 39.4 Å². The molecule has 3 aromatic rings. The van der Waals surface area contributed by atoms with Crippen LogP contribution in [0.3, 0.4) is 0 Å². The zero-order chi connectivity index (χ0) is 18.8. The van der Waals surface area contributed by atoms with Crippen molar-refractivity contribution in [3.05, 3.63) is 35.5 Å². The van der Waals surface area contributed by atoms with Gasteiger partial charge in [0.1, 0.15) is 15.8 Å². The summed E-state index contributed by atoms with van der Waals surface area (Å²) >= 11 is 1.56. The van der Waals surface area contributed by atoms with E-state index in [4.69, 9.17) is 4.74 Å². The standard InChI is InChI=1S/C19H21N5O2S/c1-12-10-24(5-6-26-12)11-18(25)21-17-8-16-7-14(3-4-15(16)9-20-17)19-23-22-13(2)27-19/h3-4,7-9,12H,5-6,10-11H2,1-2H3,(H,20,21,25). The number of pyridine rings is 1. The summed E-state index contributed by atoms with van der Waals surface area (Å²) < 4.78 is 5.51. The molecule has 1 fully saturated rings. The Morgan fingerprint density at radius 2 is 2.22 bits per heavy atom. The molecular weight excluding hydrogens is 362 g/mol. The fraction of sp³-hybridized carbons (Fsp3) is 0.368. The summed E-state index contributed by atoms with van der Waals surface area (Å²) in [5.74, 6) is 0.492. The van der Waals surface area contributed by atoms with Gasteiger partial charge >= 0.3 is 0 Å². The molecule has 27 heavy (non-hydrogen) atoms. The summed E-state index contributed by atoms with van der Waals surface area (Å²) in [6.07, 6.45) is 1.93. The van der Waals surface area contributed by atoms with E-state index < -0.39 is 0 Å². The number of aryl methyl sites for hydroxylation is 1. The third-order valence-corrected chi connectivity index (χ3v) is 5.34. The van der Waals surface area contributed by atoms with E-state index in [1.54, 1.807) is 17.5 Å². The maximum atomic E-state index is 12.4. The summed E-state index contributed by atoms with van der Waals surface area (Å²) in [5, 5.41) is 15.0. The van der Waals surface area contributed by atoms with Crippen LogP contribution in [0.25, 0.3) is 21.3 Å². The number of nitrogens with zero attached hydrogens (tertiary/aromatic N) is 4. The molecule has 0 aliphatic carbocycles. The van der Waals surface area contributed by atoms with Crippen molar-refractivity contribution in [3.8, 4) is 10.6 Å². The Bertz CT molecular complexity index is 974. The lowest BCUT2D eigenvalue weighted by Gasteiger charge is -2.30. The third kappa shape index (κ3) is 4.29. The molecule has 0 saturated carbocycles. The van der Waals surface area contributed by atoms with Crippen molar-refractivity contribution >= 4 is 33.8 Å². The molecule has 0 spiro atoms. The highest BCUT2D eigenvalue weighted by molar-refractivity contribution is 7.14. The molecule has 140 valence electrons. The molecule has 1 aliphatic rings. The fourth-order valence-corrected chi connectivity index (χ4v) is 3.86. The van der Waals surface area contributed by atoms with Crippen molar-refractivity contribution in [2.24, 2.45) is 0 Å². The molecule has 0 bridgehead atoms. The molecule has 1 aliphatic heterocycles. The molecule has 0 radical (unpaired) electrons. The van der Waals surface area contributed by atoms with Crippen molar-refractivity contribution in [2.45, 2.75) is 20.0 Å². The molecular formula is C19H21N5O2S. The molecule has 1 saturated heterocycles. The largest absolute Gasteiger partial charge is 0.376 e. The van der Waals surface area contributed by atoms with Crippen LogP contribution in [0.2, 0.25) is 0 Å². The smallest absolute Gasteiger partial charge is 0.239 e. The van der Waals surface area contributed by atoms with Gasteiger partial charge in [-0.25, -0.2) is 4.98 Å². The summed E-state index contributed by atoms with van der Waals surface area (Å²) in [6, 6.07) is 7.97. The van der Waals surface area contributed by atoms with Crippen molar-refractivity contribution in [1.29, 1.82) is 0 Å². The first-order valence-corrected chi connectivity index (χ1v) is 9.72. The van der Waals surface area contributed by atoms with Gasteiger partial charge in [0, 0.05) is 30.2 Å². The molecule has 7 nitrogen and oxygen atoms in total. The van der Waals surface area contributed by atoms with Gasteiger partial charge in [-0.3, -0.25) is 9.69 Å². The van der Waals surface area contributed by atoms with Crippen LogP contribution in [0.5, 0.6) is 0 Å². The van der Waals surface area contributed by atoms with Crippen LogP contribution in [0.4, 0.5) is 5.82 Å². The van der Waals surface area contributed by atoms with Gasteiger partial charge in [-0.05, 0) is 31.4 Å². The lowest BCUT2D eigenvalue weighted by atomic mass is 10.1. The highest BCUT2D eigenvalue weighted by Crippen LogP contribution is 2.27. The second kappa shape index (κ2) is 7.67. The second-order valence-electron chi connectivity index (χ2n) is 6.72.